The van der Waals surface area contributed by atoms with Gasteiger partial charge in [0.15, 0.2) is 0 Å². The van der Waals surface area contributed by atoms with Crippen LogP contribution in [0.3, 0.4) is 0 Å². The lowest BCUT2D eigenvalue weighted by Gasteiger charge is -2.16. The van der Waals surface area contributed by atoms with Crippen molar-refractivity contribution in [1.29, 1.82) is 0 Å². The topological polar surface area (TPSA) is 66.8 Å². The lowest BCUT2D eigenvalue weighted by molar-refractivity contribution is -0.141. The van der Waals surface area contributed by atoms with Crippen LogP contribution in [-0.4, -0.2) is 48.7 Å². The molecule has 2 atom stereocenters. The van der Waals surface area contributed by atoms with E-state index in [-0.39, 0.29) is 11.8 Å². The SMILES string of the molecule is COCCCC(=O)N1CC(C(=O)O)C(c2ccccc2)C1. The van der Waals surface area contributed by atoms with Crippen LogP contribution in [-0.2, 0) is 14.3 Å². The molecule has 1 amide bonds. The first-order valence-electron chi connectivity index (χ1n) is 7.18. The predicted octanol–water partition coefficient (Wildman–Crippen LogP) is 1.74. The molecule has 1 aliphatic rings. The van der Waals surface area contributed by atoms with Gasteiger partial charge < -0.3 is 14.7 Å². The van der Waals surface area contributed by atoms with Crippen LogP contribution in [0.2, 0.25) is 0 Å². The molecule has 1 saturated heterocycles. The van der Waals surface area contributed by atoms with Crippen LogP contribution in [0.15, 0.2) is 30.3 Å². The Kier molecular flexibility index (Phi) is 5.33. The molecule has 0 saturated carbocycles. The lowest BCUT2D eigenvalue weighted by atomic mass is 9.89. The van der Waals surface area contributed by atoms with Gasteiger partial charge >= 0.3 is 5.97 Å². The summed E-state index contributed by atoms with van der Waals surface area (Å²) in [5.74, 6) is -1.48. The number of carbonyl (C=O) groups is 2. The second kappa shape index (κ2) is 7.22. The summed E-state index contributed by atoms with van der Waals surface area (Å²) in [6.07, 6.45) is 1.07. The summed E-state index contributed by atoms with van der Waals surface area (Å²) in [5, 5.41) is 9.40. The van der Waals surface area contributed by atoms with Gasteiger partial charge in [0.05, 0.1) is 5.92 Å². The molecular weight excluding hydrogens is 270 g/mol. The minimum atomic E-state index is -0.837. The third-order valence-electron chi connectivity index (χ3n) is 3.96. The first kappa shape index (κ1) is 15.5. The van der Waals surface area contributed by atoms with Gasteiger partial charge in [-0.3, -0.25) is 9.59 Å². The van der Waals surface area contributed by atoms with E-state index >= 15 is 0 Å². The Morgan fingerprint density at radius 1 is 1.29 bits per heavy atom. The zero-order chi connectivity index (χ0) is 15.2. The van der Waals surface area contributed by atoms with Gasteiger partial charge in [-0.15, -0.1) is 0 Å². The molecule has 5 nitrogen and oxygen atoms in total. The van der Waals surface area contributed by atoms with Gasteiger partial charge in [-0.2, -0.15) is 0 Å². The van der Waals surface area contributed by atoms with E-state index in [9.17, 15) is 14.7 Å². The van der Waals surface area contributed by atoms with Crippen LogP contribution in [0.4, 0.5) is 0 Å². The second-order valence-electron chi connectivity index (χ2n) is 5.36. The van der Waals surface area contributed by atoms with E-state index in [4.69, 9.17) is 4.74 Å². The summed E-state index contributed by atoms with van der Waals surface area (Å²) < 4.78 is 4.94. The number of carbonyl (C=O) groups excluding carboxylic acids is 1. The number of methoxy groups -OCH3 is 1. The maximum Gasteiger partial charge on any atom is 0.308 e. The standard InChI is InChI=1S/C16H21NO4/c1-21-9-5-8-15(18)17-10-13(14(11-17)16(19)20)12-6-3-2-4-7-12/h2-4,6-7,13-14H,5,8-11H2,1H3,(H,19,20). The van der Waals surface area contributed by atoms with Crippen molar-refractivity contribution in [2.24, 2.45) is 5.92 Å². The zero-order valence-corrected chi connectivity index (χ0v) is 12.2. The van der Waals surface area contributed by atoms with Crippen LogP contribution in [0.1, 0.15) is 24.3 Å². The fourth-order valence-electron chi connectivity index (χ4n) is 2.82. The van der Waals surface area contributed by atoms with Gasteiger partial charge in [0.25, 0.3) is 0 Å². The number of aliphatic carboxylic acids is 1. The molecule has 114 valence electrons. The number of carboxylic acids is 1. The zero-order valence-electron chi connectivity index (χ0n) is 12.2. The van der Waals surface area contributed by atoms with Crippen LogP contribution in [0.25, 0.3) is 0 Å². The van der Waals surface area contributed by atoms with Crippen molar-refractivity contribution >= 4 is 11.9 Å². The Balaban J connectivity index is 2.05. The van der Waals surface area contributed by atoms with Crippen LogP contribution < -0.4 is 0 Å². The number of benzene rings is 1. The number of amides is 1. The third kappa shape index (κ3) is 3.82. The number of rotatable bonds is 6. The van der Waals surface area contributed by atoms with Crippen molar-refractivity contribution in [2.75, 3.05) is 26.8 Å². The fraction of sp³-hybridized carbons (Fsp3) is 0.500. The molecule has 1 aromatic carbocycles. The number of ether oxygens (including phenoxy) is 1. The Morgan fingerprint density at radius 3 is 2.62 bits per heavy atom. The Labute approximate surface area is 124 Å². The van der Waals surface area contributed by atoms with Crippen molar-refractivity contribution in [3.63, 3.8) is 0 Å². The van der Waals surface area contributed by atoms with E-state index in [0.717, 1.165) is 5.56 Å². The summed E-state index contributed by atoms with van der Waals surface area (Å²) in [4.78, 5) is 25.3. The normalized spacial score (nSPS) is 21.5. The highest BCUT2D eigenvalue weighted by molar-refractivity contribution is 5.79. The predicted molar refractivity (Wildman–Crippen MR) is 78.0 cm³/mol. The highest BCUT2D eigenvalue weighted by atomic mass is 16.5. The maximum atomic E-state index is 12.1. The van der Waals surface area contributed by atoms with Gasteiger partial charge in [-0.05, 0) is 12.0 Å². The minimum Gasteiger partial charge on any atom is -0.481 e. The van der Waals surface area contributed by atoms with Crippen molar-refractivity contribution in [3.05, 3.63) is 35.9 Å². The fourth-order valence-corrected chi connectivity index (χ4v) is 2.82. The molecule has 1 heterocycles. The number of hydrogen-bond donors (Lipinski definition) is 1. The quantitative estimate of drug-likeness (QED) is 0.811. The van der Waals surface area contributed by atoms with Gasteiger partial charge in [0.2, 0.25) is 5.91 Å². The smallest absolute Gasteiger partial charge is 0.308 e. The maximum absolute atomic E-state index is 12.1. The number of nitrogens with zero attached hydrogens (tertiary/aromatic N) is 1. The Hall–Kier alpha value is -1.88. The summed E-state index contributed by atoms with van der Waals surface area (Å²) in [7, 11) is 1.60. The van der Waals surface area contributed by atoms with Gasteiger partial charge in [-0.25, -0.2) is 0 Å². The Bertz CT molecular complexity index is 488. The largest absolute Gasteiger partial charge is 0.481 e. The van der Waals surface area contributed by atoms with E-state index in [1.54, 1.807) is 12.0 Å². The van der Waals surface area contributed by atoms with E-state index in [1.165, 1.54) is 0 Å². The average Bonchev–Trinajstić information content (AvgIpc) is 2.94. The average molecular weight is 291 g/mol. The van der Waals surface area contributed by atoms with Gasteiger partial charge in [0.1, 0.15) is 0 Å². The first-order valence-corrected chi connectivity index (χ1v) is 7.18. The van der Waals surface area contributed by atoms with Crippen LogP contribution in [0.5, 0.6) is 0 Å². The van der Waals surface area contributed by atoms with Crippen molar-refractivity contribution < 1.29 is 19.4 Å². The molecule has 2 unspecified atom stereocenters. The summed E-state index contributed by atoms with van der Waals surface area (Å²) in [5.41, 5.74) is 0.983. The molecule has 0 aliphatic carbocycles. The number of likely N-dealkylation sites (tertiary alicyclic amines) is 1. The molecule has 0 bridgehead atoms. The van der Waals surface area contributed by atoms with Crippen LogP contribution >= 0.6 is 0 Å². The molecule has 5 heteroatoms. The summed E-state index contributed by atoms with van der Waals surface area (Å²) in [6, 6.07) is 9.57. The Morgan fingerprint density at radius 2 is 2.00 bits per heavy atom. The third-order valence-corrected chi connectivity index (χ3v) is 3.96. The van der Waals surface area contributed by atoms with E-state index in [2.05, 4.69) is 0 Å². The van der Waals surface area contributed by atoms with E-state index in [0.29, 0.717) is 32.5 Å². The molecule has 1 aromatic rings. The van der Waals surface area contributed by atoms with Crippen molar-refractivity contribution in [2.45, 2.75) is 18.8 Å². The summed E-state index contributed by atoms with van der Waals surface area (Å²) in [6.45, 7) is 1.32. The second-order valence-corrected chi connectivity index (χ2v) is 5.36. The molecule has 21 heavy (non-hydrogen) atoms. The van der Waals surface area contributed by atoms with Gasteiger partial charge in [0, 0.05) is 39.1 Å². The molecule has 0 radical (unpaired) electrons. The van der Waals surface area contributed by atoms with Crippen LogP contribution in [0, 0.1) is 5.92 Å². The highest BCUT2D eigenvalue weighted by Gasteiger charge is 2.40. The molecule has 2 rings (SSSR count). The monoisotopic (exact) mass is 291 g/mol. The van der Waals surface area contributed by atoms with Crippen molar-refractivity contribution in [3.8, 4) is 0 Å². The molecule has 1 aliphatic heterocycles. The molecule has 1 fully saturated rings. The van der Waals surface area contributed by atoms with Gasteiger partial charge in [-0.1, -0.05) is 30.3 Å². The number of hydrogen-bond acceptors (Lipinski definition) is 3. The highest BCUT2D eigenvalue weighted by Crippen LogP contribution is 2.33. The minimum absolute atomic E-state index is 0.0109. The van der Waals surface area contributed by atoms with Crippen molar-refractivity contribution in [1.82, 2.24) is 4.90 Å². The number of carboxylic acid groups (broad SMARTS) is 1. The van der Waals surface area contributed by atoms with E-state index < -0.39 is 11.9 Å². The molecule has 0 aromatic heterocycles. The first-order chi connectivity index (χ1) is 10.1. The lowest BCUT2D eigenvalue weighted by Crippen LogP contribution is -2.29. The molecule has 0 spiro atoms. The molecular formula is C16H21NO4. The van der Waals surface area contributed by atoms with E-state index in [1.807, 2.05) is 30.3 Å². The summed E-state index contributed by atoms with van der Waals surface area (Å²) >= 11 is 0. The molecule has 1 N–H and O–H groups in total.